The first-order chi connectivity index (χ1) is 9.22. The van der Waals surface area contributed by atoms with E-state index in [2.05, 4.69) is 27.5 Å². The number of azo groups is 1. The molecule has 1 heterocycles. The third-order valence-electron chi connectivity index (χ3n) is 3.48. The van der Waals surface area contributed by atoms with Crippen LogP contribution in [0.15, 0.2) is 34.5 Å². The summed E-state index contributed by atoms with van der Waals surface area (Å²) < 4.78 is 13.8. The molecule has 0 amide bonds. The third kappa shape index (κ3) is 3.58. The van der Waals surface area contributed by atoms with Crippen LogP contribution in [0.2, 0.25) is 0 Å². The number of halogens is 1. The zero-order valence-electron chi connectivity index (χ0n) is 11.5. The molecule has 1 aliphatic heterocycles. The van der Waals surface area contributed by atoms with Gasteiger partial charge in [0, 0.05) is 31.1 Å². The van der Waals surface area contributed by atoms with E-state index in [0.717, 1.165) is 19.6 Å². The fourth-order valence-corrected chi connectivity index (χ4v) is 2.42. The predicted molar refractivity (Wildman–Crippen MR) is 73.8 cm³/mol. The Labute approximate surface area is 113 Å². The number of nitrogens with one attached hydrogen (secondary N) is 1. The van der Waals surface area contributed by atoms with Crippen molar-refractivity contribution in [3.8, 4) is 0 Å². The molecule has 1 aromatic rings. The van der Waals surface area contributed by atoms with E-state index in [1.165, 1.54) is 6.07 Å². The topological polar surface area (TPSA) is 40.0 Å². The first-order valence-electron chi connectivity index (χ1n) is 6.66. The Balaban J connectivity index is 2.01. The van der Waals surface area contributed by atoms with Gasteiger partial charge in [0.1, 0.15) is 11.9 Å². The summed E-state index contributed by atoms with van der Waals surface area (Å²) in [6.45, 7) is 3.48. The maximum atomic E-state index is 13.8. The van der Waals surface area contributed by atoms with Gasteiger partial charge in [-0.1, -0.05) is 18.2 Å². The van der Waals surface area contributed by atoms with Crippen LogP contribution < -0.4 is 5.32 Å². The van der Waals surface area contributed by atoms with Gasteiger partial charge in [0.15, 0.2) is 0 Å². The molecule has 1 N–H and O–H groups in total. The number of hydrogen-bond acceptors (Lipinski definition) is 4. The fraction of sp³-hybridized carbons (Fsp3) is 0.571. The van der Waals surface area contributed by atoms with E-state index in [-0.39, 0.29) is 17.8 Å². The van der Waals surface area contributed by atoms with Crippen LogP contribution in [0.1, 0.15) is 11.6 Å². The van der Waals surface area contributed by atoms with E-state index < -0.39 is 0 Å². The Morgan fingerprint density at radius 1 is 1.42 bits per heavy atom. The van der Waals surface area contributed by atoms with Crippen molar-refractivity contribution in [3.63, 3.8) is 0 Å². The van der Waals surface area contributed by atoms with Gasteiger partial charge < -0.3 is 10.2 Å². The lowest BCUT2D eigenvalue weighted by atomic mass is 9.94. The first-order valence-corrected chi connectivity index (χ1v) is 6.66. The zero-order valence-corrected chi connectivity index (χ0v) is 11.5. The molecule has 2 atom stereocenters. The second kappa shape index (κ2) is 6.73. The Morgan fingerprint density at radius 2 is 2.21 bits per heavy atom. The van der Waals surface area contributed by atoms with Gasteiger partial charge in [-0.3, -0.25) is 0 Å². The Hall–Kier alpha value is -1.33. The summed E-state index contributed by atoms with van der Waals surface area (Å²) in [5.74, 6) is 0.0787. The van der Waals surface area contributed by atoms with Gasteiger partial charge in [0.05, 0.1) is 6.54 Å². The molecule has 0 spiro atoms. The summed E-state index contributed by atoms with van der Waals surface area (Å²) >= 11 is 0. The summed E-state index contributed by atoms with van der Waals surface area (Å²) in [5, 5.41) is 11.5. The largest absolute Gasteiger partial charge is 0.318 e. The molecule has 0 fully saturated rings. The van der Waals surface area contributed by atoms with Crippen LogP contribution in [0.25, 0.3) is 0 Å². The van der Waals surface area contributed by atoms with Crippen LogP contribution in [-0.4, -0.2) is 45.2 Å². The molecule has 0 bridgehead atoms. The van der Waals surface area contributed by atoms with Crippen molar-refractivity contribution < 1.29 is 4.39 Å². The Morgan fingerprint density at radius 3 is 2.95 bits per heavy atom. The molecule has 2 rings (SSSR count). The molecular weight excluding hydrogens is 243 g/mol. The molecule has 0 saturated heterocycles. The minimum atomic E-state index is -0.184. The molecule has 0 aliphatic carbocycles. The van der Waals surface area contributed by atoms with E-state index in [0.29, 0.717) is 12.1 Å². The van der Waals surface area contributed by atoms with Crippen molar-refractivity contribution in [2.24, 2.45) is 16.1 Å². The van der Waals surface area contributed by atoms with Gasteiger partial charge in [-0.2, -0.15) is 10.2 Å². The van der Waals surface area contributed by atoms with Crippen molar-refractivity contribution in [1.29, 1.82) is 0 Å². The lowest BCUT2D eigenvalue weighted by Crippen LogP contribution is -2.33. The number of rotatable bonds is 6. The molecule has 5 heteroatoms. The van der Waals surface area contributed by atoms with E-state index in [4.69, 9.17) is 0 Å². The molecule has 1 aromatic carbocycles. The second-order valence-electron chi connectivity index (χ2n) is 5.03. The maximum absolute atomic E-state index is 13.8. The Kier molecular flexibility index (Phi) is 4.99. The maximum Gasteiger partial charge on any atom is 0.128 e. The SMILES string of the molecule is CNCCN(C)CC1CN=NC1c1ccccc1F. The van der Waals surface area contributed by atoms with E-state index in [9.17, 15) is 4.39 Å². The molecule has 0 radical (unpaired) electrons. The summed E-state index contributed by atoms with van der Waals surface area (Å²) in [6, 6.07) is 6.72. The quantitative estimate of drug-likeness (QED) is 0.854. The summed E-state index contributed by atoms with van der Waals surface area (Å²) in [7, 11) is 4.02. The normalized spacial score (nSPS) is 22.3. The molecule has 0 saturated carbocycles. The average Bonchev–Trinajstić information content (AvgIpc) is 2.85. The second-order valence-corrected chi connectivity index (χ2v) is 5.03. The first kappa shape index (κ1) is 14.1. The number of nitrogens with zero attached hydrogens (tertiary/aromatic N) is 3. The highest BCUT2D eigenvalue weighted by Crippen LogP contribution is 2.33. The lowest BCUT2D eigenvalue weighted by Gasteiger charge is -2.23. The van der Waals surface area contributed by atoms with E-state index in [1.807, 2.05) is 19.2 Å². The van der Waals surface area contributed by atoms with Crippen LogP contribution in [-0.2, 0) is 0 Å². The van der Waals surface area contributed by atoms with Crippen LogP contribution in [0.3, 0.4) is 0 Å². The van der Waals surface area contributed by atoms with Crippen molar-refractivity contribution >= 4 is 0 Å². The molecule has 1 aliphatic rings. The fourth-order valence-electron chi connectivity index (χ4n) is 2.42. The highest BCUT2D eigenvalue weighted by Gasteiger charge is 2.30. The van der Waals surface area contributed by atoms with Gasteiger partial charge in [-0.05, 0) is 20.2 Å². The average molecular weight is 264 g/mol. The van der Waals surface area contributed by atoms with Crippen LogP contribution in [0, 0.1) is 11.7 Å². The zero-order chi connectivity index (χ0) is 13.7. The molecule has 2 unspecified atom stereocenters. The van der Waals surface area contributed by atoms with Crippen molar-refractivity contribution in [1.82, 2.24) is 10.2 Å². The standard InChI is InChI=1S/C14H21FN4/c1-16-7-8-19(2)10-11-9-17-18-14(11)12-5-3-4-6-13(12)15/h3-6,11,14,16H,7-10H2,1-2H3. The summed E-state index contributed by atoms with van der Waals surface area (Å²) in [4.78, 5) is 2.24. The van der Waals surface area contributed by atoms with Gasteiger partial charge in [0.2, 0.25) is 0 Å². The van der Waals surface area contributed by atoms with Crippen LogP contribution >= 0.6 is 0 Å². The highest BCUT2D eigenvalue weighted by atomic mass is 19.1. The van der Waals surface area contributed by atoms with Gasteiger partial charge in [0.25, 0.3) is 0 Å². The number of benzene rings is 1. The smallest absolute Gasteiger partial charge is 0.128 e. The van der Waals surface area contributed by atoms with E-state index >= 15 is 0 Å². The van der Waals surface area contributed by atoms with Crippen LogP contribution in [0.4, 0.5) is 4.39 Å². The van der Waals surface area contributed by atoms with Gasteiger partial charge in [-0.15, -0.1) is 0 Å². The van der Waals surface area contributed by atoms with Crippen molar-refractivity contribution in [2.45, 2.75) is 6.04 Å². The molecule has 19 heavy (non-hydrogen) atoms. The monoisotopic (exact) mass is 264 g/mol. The molecular formula is C14H21FN4. The Bertz CT molecular complexity index is 435. The summed E-state index contributed by atoms with van der Waals surface area (Å²) in [5.41, 5.74) is 0.663. The minimum absolute atomic E-state index is 0.141. The minimum Gasteiger partial charge on any atom is -0.318 e. The number of hydrogen-bond donors (Lipinski definition) is 1. The predicted octanol–water partition coefficient (Wildman–Crippen LogP) is 2.10. The molecule has 0 aromatic heterocycles. The van der Waals surface area contributed by atoms with Crippen molar-refractivity contribution in [3.05, 3.63) is 35.6 Å². The van der Waals surface area contributed by atoms with Crippen molar-refractivity contribution in [2.75, 3.05) is 40.3 Å². The molecule has 104 valence electrons. The lowest BCUT2D eigenvalue weighted by molar-refractivity contribution is 0.270. The van der Waals surface area contributed by atoms with Gasteiger partial charge >= 0.3 is 0 Å². The van der Waals surface area contributed by atoms with Gasteiger partial charge in [-0.25, -0.2) is 4.39 Å². The van der Waals surface area contributed by atoms with Crippen LogP contribution in [0.5, 0.6) is 0 Å². The summed E-state index contributed by atoms with van der Waals surface area (Å²) in [6.07, 6.45) is 0. The highest BCUT2D eigenvalue weighted by molar-refractivity contribution is 5.22. The molecule has 4 nitrogen and oxygen atoms in total. The third-order valence-corrected chi connectivity index (χ3v) is 3.48. The number of likely N-dealkylation sites (N-methyl/N-ethyl adjacent to an activating group) is 2. The van der Waals surface area contributed by atoms with E-state index in [1.54, 1.807) is 6.07 Å².